The van der Waals surface area contributed by atoms with Crippen molar-refractivity contribution < 1.29 is 14.3 Å². The number of hydrogen-bond acceptors (Lipinski definition) is 3. The van der Waals surface area contributed by atoms with Gasteiger partial charge in [-0.25, -0.2) is 4.39 Å². The van der Waals surface area contributed by atoms with Crippen molar-refractivity contribution in [2.45, 2.75) is 45.2 Å². The molecule has 0 bridgehead atoms. The smallest absolute Gasteiger partial charge is 0.163 e. The fourth-order valence-corrected chi connectivity index (χ4v) is 2.79. The largest absolute Gasteiger partial charge is 0.507 e. The third-order valence-corrected chi connectivity index (χ3v) is 3.90. The molecule has 0 spiro atoms. The lowest BCUT2D eigenvalue weighted by Crippen LogP contribution is -2.28. The molecule has 0 aromatic heterocycles. The summed E-state index contributed by atoms with van der Waals surface area (Å²) in [4.78, 5) is 13.5. The summed E-state index contributed by atoms with van der Waals surface area (Å²) >= 11 is 0. The van der Waals surface area contributed by atoms with E-state index in [1.807, 2.05) is 7.05 Å². The second-order valence-electron chi connectivity index (χ2n) is 5.37. The van der Waals surface area contributed by atoms with Gasteiger partial charge in [0.15, 0.2) is 5.78 Å². The Morgan fingerprint density at radius 1 is 1.42 bits per heavy atom. The summed E-state index contributed by atoms with van der Waals surface area (Å²) in [6, 6.07) is 2.90. The number of halogens is 1. The molecule has 0 atom stereocenters. The molecule has 1 aliphatic rings. The number of nitrogens with zero attached hydrogens (tertiary/aromatic N) is 1. The number of hydrogen-bond donors (Lipinski definition) is 1. The van der Waals surface area contributed by atoms with E-state index in [-0.39, 0.29) is 17.1 Å². The fraction of sp³-hybridized carbons (Fsp3) is 0.533. The second-order valence-corrected chi connectivity index (χ2v) is 5.37. The number of ketones is 1. The van der Waals surface area contributed by atoms with Crippen LogP contribution in [-0.2, 0) is 6.54 Å². The maximum absolute atomic E-state index is 13.5. The molecule has 1 fully saturated rings. The molecular formula is C15H20FNO2. The molecule has 0 saturated heterocycles. The van der Waals surface area contributed by atoms with Gasteiger partial charge >= 0.3 is 0 Å². The lowest BCUT2D eigenvalue weighted by Gasteiger charge is -2.24. The Labute approximate surface area is 113 Å². The third kappa shape index (κ3) is 3.13. The maximum atomic E-state index is 13.5. The van der Waals surface area contributed by atoms with E-state index in [9.17, 15) is 14.3 Å². The maximum Gasteiger partial charge on any atom is 0.163 e. The summed E-state index contributed by atoms with van der Waals surface area (Å²) in [6.45, 7) is 1.80. The van der Waals surface area contributed by atoms with Crippen molar-refractivity contribution >= 4 is 5.78 Å². The lowest BCUT2D eigenvalue weighted by molar-refractivity contribution is 0.101. The highest BCUT2D eigenvalue weighted by Gasteiger charge is 2.21. The molecule has 0 amide bonds. The molecule has 1 aliphatic carbocycles. The first-order valence-electron chi connectivity index (χ1n) is 6.71. The topological polar surface area (TPSA) is 40.5 Å². The van der Waals surface area contributed by atoms with Crippen LogP contribution >= 0.6 is 0 Å². The van der Waals surface area contributed by atoms with Crippen LogP contribution in [0.25, 0.3) is 0 Å². The minimum atomic E-state index is -0.474. The van der Waals surface area contributed by atoms with E-state index in [0.29, 0.717) is 18.2 Å². The molecule has 2 rings (SSSR count). The predicted molar refractivity (Wildman–Crippen MR) is 71.8 cm³/mol. The number of carbonyl (C=O) groups excluding carboxylic acids is 1. The molecule has 0 unspecified atom stereocenters. The number of rotatable bonds is 4. The molecule has 1 N–H and O–H groups in total. The molecule has 19 heavy (non-hydrogen) atoms. The van der Waals surface area contributed by atoms with Gasteiger partial charge in [-0.1, -0.05) is 12.8 Å². The van der Waals surface area contributed by atoms with E-state index >= 15 is 0 Å². The number of benzene rings is 1. The van der Waals surface area contributed by atoms with Crippen LogP contribution in [0, 0.1) is 5.82 Å². The van der Waals surface area contributed by atoms with Crippen LogP contribution in [0.5, 0.6) is 5.75 Å². The molecule has 1 saturated carbocycles. The van der Waals surface area contributed by atoms with Gasteiger partial charge in [-0.05, 0) is 38.9 Å². The Morgan fingerprint density at radius 2 is 2.05 bits per heavy atom. The van der Waals surface area contributed by atoms with E-state index < -0.39 is 5.82 Å². The Bertz CT molecular complexity index is 481. The SMILES string of the molecule is CC(=O)c1cc(F)cc(CN(C)C2CCCC2)c1O. The number of carbonyl (C=O) groups is 1. The van der Waals surface area contributed by atoms with Crippen molar-refractivity contribution in [3.05, 3.63) is 29.1 Å². The van der Waals surface area contributed by atoms with Gasteiger partial charge in [-0.2, -0.15) is 0 Å². The van der Waals surface area contributed by atoms with Gasteiger partial charge in [0.2, 0.25) is 0 Å². The number of phenolic OH excluding ortho intramolecular Hbond substituents is 1. The van der Waals surface area contributed by atoms with Crippen molar-refractivity contribution in [3.63, 3.8) is 0 Å². The number of aromatic hydroxyl groups is 1. The normalized spacial score (nSPS) is 16.2. The summed E-state index contributed by atoms with van der Waals surface area (Å²) in [5, 5.41) is 10.1. The average Bonchev–Trinajstić information content (AvgIpc) is 2.86. The zero-order valence-corrected chi connectivity index (χ0v) is 11.4. The van der Waals surface area contributed by atoms with Gasteiger partial charge in [0.1, 0.15) is 11.6 Å². The van der Waals surface area contributed by atoms with Crippen molar-refractivity contribution in [3.8, 4) is 5.75 Å². The van der Waals surface area contributed by atoms with Gasteiger partial charge in [0, 0.05) is 18.2 Å². The van der Waals surface area contributed by atoms with E-state index in [4.69, 9.17) is 0 Å². The van der Waals surface area contributed by atoms with Crippen LogP contribution in [0.15, 0.2) is 12.1 Å². The van der Waals surface area contributed by atoms with Gasteiger partial charge in [-0.15, -0.1) is 0 Å². The van der Waals surface area contributed by atoms with Crippen LogP contribution in [0.1, 0.15) is 48.5 Å². The average molecular weight is 265 g/mol. The van der Waals surface area contributed by atoms with Gasteiger partial charge in [0.25, 0.3) is 0 Å². The monoisotopic (exact) mass is 265 g/mol. The fourth-order valence-electron chi connectivity index (χ4n) is 2.79. The molecule has 4 heteroatoms. The minimum Gasteiger partial charge on any atom is -0.507 e. The summed E-state index contributed by atoms with van der Waals surface area (Å²) in [5.74, 6) is -0.877. The first-order chi connectivity index (χ1) is 8.99. The second kappa shape index (κ2) is 5.70. The van der Waals surface area contributed by atoms with Crippen LogP contribution in [0.2, 0.25) is 0 Å². The quantitative estimate of drug-likeness (QED) is 0.850. The van der Waals surface area contributed by atoms with Gasteiger partial charge in [0.05, 0.1) is 5.56 Å². The van der Waals surface area contributed by atoms with Gasteiger partial charge < -0.3 is 5.11 Å². The third-order valence-electron chi connectivity index (χ3n) is 3.90. The molecule has 3 nitrogen and oxygen atoms in total. The first-order valence-corrected chi connectivity index (χ1v) is 6.71. The minimum absolute atomic E-state index is 0.0646. The molecule has 0 aliphatic heterocycles. The molecule has 1 aromatic rings. The molecule has 0 radical (unpaired) electrons. The molecule has 104 valence electrons. The Balaban J connectivity index is 2.21. The van der Waals surface area contributed by atoms with E-state index in [0.717, 1.165) is 18.9 Å². The van der Waals surface area contributed by atoms with Crippen LogP contribution in [-0.4, -0.2) is 28.9 Å². The van der Waals surface area contributed by atoms with Crippen LogP contribution < -0.4 is 0 Å². The van der Waals surface area contributed by atoms with E-state index in [2.05, 4.69) is 4.90 Å². The highest BCUT2D eigenvalue weighted by Crippen LogP contribution is 2.29. The molecule has 1 aromatic carbocycles. The summed E-state index contributed by atoms with van der Waals surface area (Å²) in [7, 11) is 1.98. The zero-order chi connectivity index (χ0) is 14.0. The standard InChI is InChI=1S/C15H20FNO2/c1-10(18)14-8-12(16)7-11(15(14)19)9-17(2)13-5-3-4-6-13/h7-8,13,19H,3-6,9H2,1-2H3. The lowest BCUT2D eigenvalue weighted by atomic mass is 10.0. The van der Waals surface area contributed by atoms with Gasteiger partial charge in [-0.3, -0.25) is 9.69 Å². The molecular weight excluding hydrogens is 245 g/mol. The van der Waals surface area contributed by atoms with E-state index in [1.165, 1.54) is 25.8 Å². The first kappa shape index (κ1) is 14.0. The van der Waals surface area contributed by atoms with Crippen molar-refractivity contribution in [1.82, 2.24) is 4.90 Å². The summed E-state index contributed by atoms with van der Waals surface area (Å²) in [5.41, 5.74) is 0.550. The Morgan fingerprint density at radius 3 is 2.63 bits per heavy atom. The highest BCUT2D eigenvalue weighted by molar-refractivity contribution is 5.97. The summed E-state index contributed by atoms with van der Waals surface area (Å²) in [6.07, 6.45) is 4.74. The van der Waals surface area contributed by atoms with Crippen molar-refractivity contribution in [2.24, 2.45) is 0 Å². The zero-order valence-electron chi connectivity index (χ0n) is 11.4. The predicted octanol–water partition coefficient (Wildman–Crippen LogP) is 3.11. The number of phenols is 1. The Kier molecular flexibility index (Phi) is 4.20. The number of Topliss-reactive ketones (excluding diaryl/α,β-unsaturated/α-hetero) is 1. The Hall–Kier alpha value is -1.42. The summed E-state index contributed by atoms with van der Waals surface area (Å²) < 4.78 is 13.5. The van der Waals surface area contributed by atoms with Crippen LogP contribution in [0.3, 0.4) is 0 Å². The van der Waals surface area contributed by atoms with Crippen molar-refractivity contribution in [1.29, 1.82) is 0 Å². The highest BCUT2D eigenvalue weighted by atomic mass is 19.1. The van der Waals surface area contributed by atoms with E-state index in [1.54, 1.807) is 0 Å². The van der Waals surface area contributed by atoms with Crippen LogP contribution in [0.4, 0.5) is 4.39 Å². The molecule has 0 heterocycles. The van der Waals surface area contributed by atoms with Crippen molar-refractivity contribution in [2.75, 3.05) is 7.05 Å².